The predicted molar refractivity (Wildman–Crippen MR) is 186 cm³/mol. The number of amides is 3. The van der Waals surface area contributed by atoms with Crippen LogP contribution >= 0.6 is 0 Å². The highest BCUT2D eigenvalue weighted by atomic mass is 16.6. The van der Waals surface area contributed by atoms with Gasteiger partial charge in [-0.1, -0.05) is 12.1 Å². The minimum Gasteiger partial charge on any atom is -0.496 e. The van der Waals surface area contributed by atoms with Crippen LogP contribution in [-0.4, -0.2) is 103 Å². The fourth-order valence-electron chi connectivity index (χ4n) is 5.59. The highest BCUT2D eigenvalue weighted by Crippen LogP contribution is 2.33. The molecule has 0 spiro atoms. The lowest BCUT2D eigenvalue weighted by atomic mass is 10.1. The van der Waals surface area contributed by atoms with Crippen molar-refractivity contribution in [2.45, 2.75) is 43.6 Å². The van der Waals surface area contributed by atoms with Crippen molar-refractivity contribution in [3.63, 3.8) is 0 Å². The van der Waals surface area contributed by atoms with E-state index in [9.17, 15) is 24.6 Å². The number of nitrogen functional groups attached to an aromatic ring is 1. The van der Waals surface area contributed by atoms with Gasteiger partial charge in [0.15, 0.2) is 29.5 Å². The van der Waals surface area contributed by atoms with Crippen molar-refractivity contribution < 1.29 is 48.3 Å². The fraction of sp³-hybridized carbons (Fsp3) is 0.333. The van der Waals surface area contributed by atoms with Gasteiger partial charge in [0.25, 0.3) is 5.56 Å². The standard InChI is InChI=1S/C23H24N4O6.C10H13N5O5/c1-30-20-10-17(5-6-19(20)21-12-24-14-32-21)27-22(28)26-16-4-2-3-15(9-16)11-25-23(29)33-18-7-8-31-13-18;11-10-13-7-4(8(19)14-10)12-2-15(7)9-6(18)5(17)3(1-16)20-9/h2-6,9-10,12,14,18H,7-8,11,13H2,1H3,(H,25,29)(H2,26,27,28);2-3,5-6,9,16-18H,1H2,(H3,11,13,14,19). The molecule has 5 unspecified atom stereocenters. The number of aromatic amines is 1. The smallest absolute Gasteiger partial charge is 0.407 e. The van der Waals surface area contributed by atoms with Crippen LogP contribution < -0.4 is 32.0 Å². The van der Waals surface area contributed by atoms with Gasteiger partial charge >= 0.3 is 12.1 Å². The SMILES string of the molecule is COc1cc(NC(=O)Nc2cccc(CNC(=O)OC3CCOC3)c2)ccc1-c1cnco1.Nc1nc2c(ncn2C2OC(CO)C(O)C2O)c(=O)[nH]1. The van der Waals surface area contributed by atoms with Crippen molar-refractivity contribution in [1.82, 2.24) is 29.8 Å². The summed E-state index contributed by atoms with van der Waals surface area (Å²) in [6, 6.07) is 11.9. The van der Waals surface area contributed by atoms with Crippen molar-refractivity contribution in [3.8, 4) is 17.1 Å². The predicted octanol–water partition coefficient (Wildman–Crippen LogP) is 1.32. The number of H-pyrrole nitrogens is 1. The molecule has 280 valence electrons. The minimum atomic E-state index is -1.29. The number of urea groups is 1. The summed E-state index contributed by atoms with van der Waals surface area (Å²) < 4.78 is 27.8. The number of aliphatic hydroxyl groups is 3. The van der Waals surface area contributed by atoms with Gasteiger partial charge in [-0.3, -0.25) is 14.3 Å². The van der Waals surface area contributed by atoms with E-state index in [2.05, 4.69) is 35.9 Å². The van der Waals surface area contributed by atoms with Gasteiger partial charge in [0.1, 0.15) is 30.2 Å². The molecule has 0 aliphatic carbocycles. The van der Waals surface area contributed by atoms with Crippen LogP contribution in [0, 0.1) is 0 Å². The van der Waals surface area contributed by atoms with E-state index in [0.717, 1.165) is 11.1 Å². The quantitative estimate of drug-likeness (QED) is 0.106. The first kappa shape index (κ1) is 36.7. The number of benzene rings is 2. The molecule has 3 aromatic heterocycles. The number of ether oxygens (including phenoxy) is 4. The van der Waals surface area contributed by atoms with E-state index in [1.54, 1.807) is 42.6 Å². The van der Waals surface area contributed by atoms with Crippen LogP contribution in [0.3, 0.4) is 0 Å². The summed E-state index contributed by atoms with van der Waals surface area (Å²) in [5, 5.41) is 37.0. The molecule has 0 bridgehead atoms. The molecule has 2 saturated heterocycles. The molecule has 2 fully saturated rings. The molecule has 5 heterocycles. The number of oxazole rings is 1. The molecule has 3 amide bonds. The van der Waals surface area contributed by atoms with Crippen LogP contribution in [0.15, 0.2) is 70.6 Å². The van der Waals surface area contributed by atoms with E-state index in [4.69, 9.17) is 34.2 Å². The normalized spacial score (nSPS) is 20.7. The van der Waals surface area contributed by atoms with E-state index in [-0.39, 0.29) is 29.8 Å². The van der Waals surface area contributed by atoms with Gasteiger partial charge in [0.05, 0.1) is 45.0 Å². The number of anilines is 3. The van der Waals surface area contributed by atoms with Gasteiger partial charge in [0.2, 0.25) is 5.95 Å². The van der Waals surface area contributed by atoms with Crippen molar-refractivity contribution in [2.75, 3.05) is 43.3 Å². The summed E-state index contributed by atoms with van der Waals surface area (Å²) in [5.41, 5.74) is 7.77. The molecule has 7 rings (SSSR count). The lowest BCUT2D eigenvalue weighted by molar-refractivity contribution is -0.0511. The number of methoxy groups -OCH3 is 1. The maximum atomic E-state index is 12.5. The maximum Gasteiger partial charge on any atom is 0.407 e. The Balaban J connectivity index is 0.000000204. The van der Waals surface area contributed by atoms with Crippen LogP contribution in [0.4, 0.5) is 26.9 Å². The third-order valence-electron chi connectivity index (χ3n) is 8.18. The Bertz CT molecular complexity index is 2080. The Hall–Kier alpha value is -6.06. The molecule has 53 heavy (non-hydrogen) atoms. The molecule has 5 aromatic rings. The van der Waals surface area contributed by atoms with Gasteiger partial charge < -0.3 is 60.4 Å². The molecular weight excluding hydrogens is 698 g/mol. The Kier molecular flexibility index (Phi) is 11.4. The number of nitrogens with two attached hydrogens (primary N) is 1. The van der Waals surface area contributed by atoms with E-state index in [0.29, 0.717) is 42.5 Å². The van der Waals surface area contributed by atoms with Gasteiger partial charge in [-0.25, -0.2) is 19.6 Å². The van der Waals surface area contributed by atoms with E-state index >= 15 is 0 Å². The van der Waals surface area contributed by atoms with Gasteiger partial charge in [-0.2, -0.15) is 4.98 Å². The summed E-state index contributed by atoms with van der Waals surface area (Å²) in [4.78, 5) is 50.0. The van der Waals surface area contributed by atoms with E-state index < -0.39 is 48.8 Å². The van der Waals surface area contributed by atoms with Gasteiger partial charge in [-0.05, 0) is 29.8 Å². The third kappa shape index (κ3) is 8.71. The molecule has 9 N–H and O–H groups in total. The monoisotopic (exact) mass is 735 g/mol. The number of rotatable bonds is 9. The van der Waals surface area contributed by atoms with Crippen LogP contribution in [0.5, 0.6) is 5.75 Å². The van der Waals surface area contributed by atoms with E-state index in [1.165, 1.54) is 24.4 Å². The molecule has 2 aromatic carbocycles. The second kappa shape index (κ2) is 16.5. The second-order valence-corrected chi connectivity index (χ2v) is 11.8. The first-order valence-electron chi connectivity index (χ1n) is 16.2. The number of aliphatic hydroxyl groups excluding tert-OH is 3. The number of aromatic nitrogens is 5. The number of nitrogens with one attached hydrogen (secondary N) is 4. The Morgan fingerprint density at radius 2 is 1.94 bits per heavy atom. The molecular formula is C33H37N9O11. The number of imidazole rings is 1. The first-order chi connectivity index (χ1) is 25.6. The highest BCUT2D eigenvalue weighted by Gasteiger charge is 2.44. The number of nitrogens with zero attached hydrogens (tertiary/aromatic N) is 4. The number of fused-ring (bicyclic) bond motifs is 1. The lowest BCUT2D eigenvalue weighted by Crippen LogP contribution is -2.33. The summed E-state index contributed by atoms with van der Waals surface area (Å²) in [6.45, 7) is 0.851. The molecule has 2 aliphatic rings. The van der Waals surface area contributed by atoms with Gasteiger partial charge in [-0.15, -0.1) is 0 Å². The van der Waals surface area contributed by atoms with E-state index in [1.807, 2.05) is 6.07 Å². The van der Waals surface area contributed by atoms with Crippen LogP contribution in [0.2, 0.25) is 0 Å². The molecule has 5 atom stereocenters. The van der Waals surface area contributed by atoms with Crippen molar-refractivity contribution in [1.29, 1.82) is 0 Å². The molecule has 2 aliphatic heterocycles. The number of carbonyl (C=O) groups is 2. The summed E-state index contributed by atoms with van der Waals surface area (Å²) in [6.07, 6.45) is -0.284. The summed E-state index contributed by atoms with van der Waals surface area (Å²) in [5.74, 6) is 0.999. The third-order valence-corrected chi connectivity index (χ3v) is 8.18. The average Bonchev–Trinajstić information content (AvgIpc) is 3.98. The van der Waals surface area contributed by atoms with Crippen molar-refractivity contribution in [3.05, 3.63) is 77.3 Å². The number of alkyl carbamates (subject to hydrolysis) is 1. The zero-order valence-corrected chi connectivity index (χ0v) is 28.2. The number of hydrogen-bond acceptors (Lipinski definition) is 15. The van der Waals surface area contributed by atoms with Gasteiger partial charge in [0, 0.05) is 30.4 Å². The van der Waals surface area contributed by atoms with Crippen LogP contribution in [-0.2, 0) is 20.8 Å². The molecule has 0 radical (unpaired) electrons. The highest BCUT2D eigenvalue weighted by molar-refractivity contribution is 6.00. The summed E-state index contributed by atoms with van der Waals surface area (Å²) >= 11 is 0. The van der Waals surface area contributed by atoms with Crippen molar-refractivity contribution >= 4 is 40.6 Å². The maximum absolute atomic E-state index is 12.5. The van der Waals surface area contributed by atoms with Crippen LogP contribution in [0.25, 0.3) is 22.5 Å². The molecule has 20 heteroatoms. The average molecular weight is 736 g/mol. The second-order valence-electron chi connectivity index (χ2n) is 11.8. The zero-order chi connectivity index (χ0) is 37.5. The number of hydrogen-bond donors (Lipinski definition) is 8. The molecule has 20 nitrogen and oxygen atoms in total. The Labute approximate surface area is 299 Å². The minimum absolute atomic E-state index is 0.0388. The first-order valence-corrected chi connectivity index (χ1v) is 16.2. The lowest BCUT2D eigenvalue weighted by Gasteiger charge is -2.16. The summed E-state index contributed by atoms with van der Waals surface area (Å²) in [7, 11) is 1.54. The number of carbonyl (C=O) groups excluding carboxylic acids is 2. The molecule has 0 saturated carbocycles. The topological polar surface area (TPSA) is 283 Å². The van der Waals surface area contributed by atoms with Crippen LogP contribution in [0.1, 0.15) is 18.2 Å². The Morgan fingerprint density at radius 3 is 2.64 bits per heavy atom. The van der Waals surface area contributed by atoms with Crippen molar-refractivity contribution in [2.24, 2.45) is 0 Å². The Morgan fingerprint density at radius 1 is 1.13 bits per heavy atom. The largest absolute Gasteiger partial charge is 0.496 e. The zero-order valence-electron chi connectivity index (χ0n) is 28.2. The fourth-order valence-corrected chi connectivity index (χ4v) is 5.59.